The molecule has 1 aromatic carbocycles. The van der Waals surface area contributed by atoms with Gasteiger partial charge in [0.05, 0.1) is 0 Å². The quantitative estimate of drug-likeness (QED) is 0.823. The van der Waals surface area contributed by atoms with Gasteiger partial charge in [-0.15, -0.1) is 0 Å². The van der Waals surface area contributed by atoms with Gasteiger partial charge in [0.2, 0.25) is 6.79 Å². The van der Waals surface area contributed by atoms with Gasteiger partial charge < -0.3 is 19.5 Å². The number of benzene rings is 1. The SMILES string of the molecule is CCCNC(C)COc1ccc2c(c1)OCO2. The largest absolute Gasteiger partial charge is 0.492 e. The van der Waals surface area contributed by atoms with Gasteiger partial charge in [0.15, 0.2) is 11.5 Å². The Morgan fingerprint density at radius 3 is 3.00 bits per heavy atom. The zero-order valence-electron chi connectivity index (χ0n) is 10.4. The molecule has 1 aliphatic rings. The van der Waals surface area contributed by atoms with Gasteiger partial charge in [0.1, 0.15) is 12.4 Å². The number of rotatable bonds is 6. The Hall–Kier alpha value is -1.42. The standard InChI is InChI=1S/C13H19NO3/c1-3-6-14-10(2)8-15-11-4-5-12-13(7-11)17-9-16-12/h4-5,7,10,14H,3,6,8-9H2,1-2H3. The Balaban J connectivity index is 1.83. The molecule has 0 amide bonds. The second-order valence-electron chi connectivity index (χ2n) is 4.18. The minimum Gasteiger partial charge on any atom is -0.492 e. The van der Waals surface area contributed by atoms with Crippen LogP contribution in [0.3, 0.4) is 0 Å². The van der Waals surface area contributed by atoms with Crippen LogP contribution in [0.15, 0.2) is 18.2 Å². The molecule has 0 spiro atoms. The van der Waals surface area contributed by atoms with Gasteiger partial charge in [0, 0.05) is 12.1 Å². The molecule has 1 heterocycles. The highest BCUT2D eigenvalue weighted by atomic mass is 16.7. The third-order valence-corrected chi connectivity index (χ3v) is 2.59. The Labute approximate surface area is 102 Å². The first-order valence-corrected chi connectivity index (χ1v) is 6.05. The van der Waals surface area contributed by atoms with Crippen LogP contribution >= 0.6 is 0 Å². The normalized spacial score (nSPS) is 14.7. The maximum atomic E-state index is 5.69. The summed E-state index contributed by atoms with van der Waals surface area (Å²) in [5.74, 6) is 2.37. The number of fused-ring (bicyclic) bond motifs is 1. The van der Waals surface area contributed by atoms with Crippen LogP contribution < -0.4 is 19.5 Å². The molecule has 1 N–H and O–H groups in total. The van der Waals surface area contributed by atoms with Crippen molar-refractivity contribution in [2.75, 3.05) is 19.9 Å². The van der Waals surface area contributed by atoms with Crippen molar-refractivity contribution in [1.82, 2.24) is 5.32 Å². The Bertz CT molecular complexity index is 368. The molecule has 0 bridgehead atoms. The Morgan fingerprint density at radius 1 is 1.35 bits per heavy atom. The summed E-state index contributed by atoms with van der Waals surface area (Å²) in [5, 5.41) is 3.37. The predicted octanol–water partition coefficient (Wildman–Crippen LogP) is 2.18. The molecule has 1 aliphatic heterocycles. The van der Waals surface area contributed by atoms with Crippen molar-refractivity contribution in [3.05, 3.63) is 18.2 Å². The maximum absolute atomic E-state index is 5.69. The Morgan fingerprint density at radius 2 is 2.18 bits per heavy atom. The van der Waals surface area contributed by atoms with Crippen molar-refractivity contribution in [3.63, 3.8) is 0 Å². The Kier molecular flexibility index (Phi) is 4.09. The summed E-state index contributed by atoms with van der Waals surface area (Å²) in [4.78, 5) is 0. The molecule has 0 radical (unpaired) electrons. The molecule has 2 rings (SSSR count). The van der Waals surface area contributed by atoms with Crippen molar-refractivity contribution in [3.8, 4) is 17.2 Å². The van der Waals surface area contributed by atoms with Crippen LogP contribution in [0.25, 0.3) is 0 Å². The molecule has 0 aliphatic carbocycles. The summed E-state index contributed by atoms with van der Waals surface area (Å²) in [6.45, 7) is 6.24. The van der Waals surface area contributed by atoms with E-state index in [-0.39, 0.29) is 0 Å². The lowest BCUT2D eigenvalue weighted by Gasteiger charge is -2.14. The second-order valence-corrected chi connectivity index (χ2v) is 4.18. The average molecular weight is 237 g/mol. The van der Waals surface area contributed by atoms with Crippen molar-refractivity contribution in [2.45, 2.75) is 26.3 Å². The molecule has 0 saturated carbocycles. The van der Waals surface area contributed by atoms with Gasteiger partial charge in [-0.3, -0.25) is 0 Å². The average Bonchev–Trinajstić information content (AvgIpc) is 2.81. The highest BCUT2D eigenvalue weighted by Crippen LogP contribution is 2.35. The fourth-order valence-corrected chi connectivity index (χ4v) is 1.64. The van der Waals surface area contributed by atoms with E-state index < -0.39 is 0 Å². The zero-order valence-corrected chi connectivity index (χ0v) is 10.4. The van der Waals surface area contributed by atoms with Crippen LogP contribution in [-0.4, -0.2) is 26.0 Å². The van der Waals surface area contributed by atoms with E-state index in [0.29, 0.717) is 19.4 Å². The second kappa shape index (κ2) is 5.77. The molecule has 0 aromatic heterocycles. The van der Waals surface area contributed by atoms with Crippen molar-refractivity contribution in [1.29, 1.82) is 0 Å². The van der Waals surface area contributed by atoms with Gasteiger partial charge in [0.25, 0.3) is 0 Å². The monoisotopic (exact) mass is 237 g/mol. The molecule has 4 nitrogen and oxygen atoms in total. The summed E-state index contributed by atoms with van der Waals surface area (Å²) in [7, 11) is 0. The molecule has 0 saturated heterocycles. The maximum Gasteiger partial charge on any atom is 0.231 e. The van der Waals surface area contributed by atoms with E-state index in [0.717, 1.165) is 30.2 Å². The third-order valence-electron chi connectivity index (χ3n) is 2.59. The van der Waals surface area contributed by atoms with E-state index in [9.17, 15) is 0 Å². The van der Waals surface area contributed by atoms with Crippen LogP contribution in [0.1, 0.15) is 20.3 Å². The smallest absolute Gasteiger partial charge is 0.231 e. The van der Waals surface area contributed by atoms with Crippen LogP contribution in [0, 0.1) is 0 Å². The lowest BCUT2D eigenvalue weighted by atomic mass is 10.3. The predicted molar refractivity (Wildman–Crippen MR) is 65.8 cm³/mol. The topological polar surface area (TPSA) is 39.7 Å². The van der Waals surface area contributed by atoms with Crippen LogP contribution in [-0.2, 0) is 0 Å². The fraction of sp³-hybridized carbons (Fsp3) is 0.538. The van der Waals surface area contributed by atoms with E-state index in [1.807, 2.05) is 18.2 Å². The summed E-state index contributed by atoms with van der Waals surface area (Å²) < 4.78 is 16.2. The molecule has 1 unspecified atom stereocenters. The first kappa shape index (κ1) is 12.0. The molecule has 17 heavy (non-hydrogen) atoms. The van der Waals surface area contributed by atoms with E-state index in [1.54, 1.807) is 0 Å². The first-order chi connectivity index (χ1) is 8.29. The van der Waals surface area contributed by atoms with Crippen molar-refractivity contribution >= 4 is 0 Å². The summed E-state index contributed by atoms with van der Waals surface area (Å²) in [5.41, 5.74) is 0. The molecular formula is C13H19NO3. The van der Waals surface area contributed by atoms with E-state index in [2.05, 4.69) is 19.2 Å². The summed E-state index contributed by atoms with van der Waals surface area (Å²) in [6, 6.07) is 6.00. The molecule has 94 valence electrons. The van der Waals surface area contributed by atoms with Crippen molar-refractivity contribution in [2.24, 2.45) is 0 Å². The van der Waals surface area contributed by atoms with E-state index in [1.165, 1.54) is 0 Å². The van der Waals surface area contributed by atoms with Gasteiger partial charge in [-0.1, -0.05) is 6.92 Å². The van der Waals surface area contributed by atoms with Gasteiger partial charge >= 0.3 is 0 Å². The minimum absolute atomic E-state index is 0.299. The lowest BCUT2D eigenvalue weighted by molar-refractivity contribution is 0.173. The highest BCUT2D eigenvalue weighted by Gasteiger charge is 2.13. The van der Waals surface area contributed by atoms with Crippen LogP contribution in [0.2, 0.25) is 0 Å². The van der Waals surface area contributed by atoms with Gasteiger partial charge in [-0.25, -0.2) is 0 Å². The van der Waals surface area contributed by atoms with E-state index >= 15 is 0 Å². The van der Waals surface area contributed by atoms with Gasteiger partial charge in [-0.05, 0) is 32.0 Å². The van der Waals surface area contributed by atoms with Gasteiger partial charge in [-0.2, -0.15) is 0 Å². The summed E-state index contributed by atoms with van der Waals surface area (Å²) in [6.07, 6.45) is 1.13. The highest BCUT2D eigenvalue weighted by molar-refractivity contribution is 5.46. The minimum atomic E-state index is 0.299. The van der Waals surface area contributed by atoms with Crippen molar-refractivity contribution < 1.29 is 14.2 Å². The third kappa shape index (κ3) is 3.27. The first-order valence-electron chi connectivity index (χ1n) is 6.05. The zero-order chi connectivity index (χ0) is 12.1. The summed E-state index contributed by atoms with van der Waals surface area (Å²) >= 11 is 0. The molecule has 1 atom stereocenters. The number of ether oxygens (including phenoxy) is 3. The molecular weight excluding hydrogens is 218 g/mol. The number of hydrogen-bond acceptors (Lipinski definition) is 4. The molecule has 1 aromatic rings. The van der Waals surface area contributed by atoms with Crippen LogP contribution in [0.4, 0.5) is 0 Å². The van der Waals surface area contributed by atoms with Crippen LogP contribution in [0.5, 0.6) is 17.2 Å². The molecule has 4 heteroatoms. The van der Waals surface area contributed by atoms with E-state index in [4.69, 9.17) is 14.2 Å². The molecule has 0 fully saturated rings. The fourth-order valence-electron chi connectivity index (χ4n) is 1.64. The lowest BCUT2D eigenvalue weighted by Crippen LogP contribution is -2.32. The number of nitrogens with one attached hydrogen (secondary N) is 1. The number of hydrogen-bond donors (Lipinski definition) is 1.